The van der Waals surface area contributed by atoms with Crippen LogP contribution in [0.15, 0.2) is 0 Å². The van der Waals surface area contributed by atoms with Crippen LogP contribution in [0.3, 0.4) is 0 Å². The molecule has 0 rings (SSSR count). The van der Waals surface area contributed by atoms with E-state index < -0.39 is 0 Å². The number of carbonyl (C=O) groups excluding carboxylic acids is 1. The number of hydrogen-bond acceptors (Lipinski definition) is 2. The summed E-state index contributed by atoms with van der Waals surface area (Å²) in [6.07, 6.45) is 11.7. The molecule has 0 aromatic rings. The monoisotopic (exact) mass is 254 g/mol. The molecule has 0 N–H and O–H groups in total. The zero-order chi connectivity index (χ0) is 11.4. The van der Waals surface area contributed by atoms with Gasteiger partial charge in [0.05, 0.1) is 6.61 Å². The maximum atomic E-state index is 10.5. The van der Waals surface area contributed by atoms with E-state index in [0.29, 0.717) is 6.61 Å². The van der Waals surface area contributed by atoms with Crippen LogP contribution < -0.4 is 51.4 Å². The summed E-state index contributed by atoms with van der Waals surface area (Å²) in [6.45, 7) is 4.31. The van der Waals surface area contributed by atoms with Gasteiger partial charge in [0.15, 0.2) is 0 Å². The zero-order valence-electron chi connectivity index (χ0n) is 12.4. The van der Waals surface area contributed by atoms with Crippen LogP contribution in [0.5, 0.6) is 0 Å². The van der Waals surface area contributed by atoms with Gasteiger partial charge in [-0.25, -0.2) is 0 Å². The van der Waals surface area contributed by atoms with Gasteiger partial charge >= 0.3 is 57.4 Å². The van der Waals surface area contributed by atoms with Crippen molar-refractivity contribution in [3.63, 3.8) is 0 Å². The second-order valence-corrected chi connectivity index (χ2v) is 4.17. The van der Waals surface area contributed by atoms with E-state index in [1.807, 2.05) is 0 Å². The summed E-state index contributed by atoms with van der Waals surface area (Å²) < 4.78 is 4.86. The van der Waals surface area contributed by atoms with E-state index in [-0.39, 0.29) is 58.8 Å². The SMILES string of the molecule is CCCCCCCCCCCOC(C)=O.[H-].[K+]. The van der Waals surface area contributed by atoms with Crippen molar-refractivity contribution >= 4 is 5.97 Å². The van der Waals surface area contributed by atoms with Crippen molar-refractivity contribution in [1.82, 2.24) is 0 Å². The van der Waals surface area contributed by atoms with Gasteiger partial charge in [0.1, 0.15) is 0 Å². The molecule has 0 aromatic heterocycles. The van der Waals surface area contributed by atoms with Crippen LogP contribution in [0.2, 0.25) is 0 Å². The third-order valence-corrected chi connectivity index (χ3v) is 2.55. The van der Waals surface area contributed by atoms with Gasteiger partial charge in [0.2, 0.25) is 0 Å². The molecular weight excluding hydrogens is 227 g/mol. The van der Waals surface area contributed by atoms with Gasteiger partial charge in [-0.05, 0) is 6.42 Å². The maximum absolute atomic E-state index is 10.5. The fraction of sp³-hybridized carbons (Fsp3) is 0.923. The smallest absolute Gasteiger partial charge is 1.00 e. The molecule has 0 saturated carbocycles. The minimum Gasteiger partial charge on any atom is -1.00 e. The summed E-state index contributed by atoms with van der Waals surface area (Å²) in [5.74, 6) is -0.158. The molecule has 0 aromatic carbocycles. The van der Waals surface area contributed by atoms with Gasteiger partial charge in [-0.2, -0.15) is 0 Å². The van der Waals surface area contributed by atoms with E-state index in [4.69, 9.17) is 4.74 Å². The van der Waals surface area contributed by atoms with E-state index in [1.165, 1.54) is 58.3 Å². The molecule has 92 valence electrons. The minimum atomic E-state index is -0.158. The first-order valence-corrected chi connectivity index (χ1v) is 6.40. The van der Waals surface area contributed by atoms with Crippen LogP contribution in [0.4, 0.5) is 0 Å². The molecule has 0 aliphatic carbocycles. The Hall–Kier alpha value is 1.11. The number of esters is 1. The molecule has 0 spiro atoms. The molecular formula is C13H27KO2. The van der Waals surface area contributed by atoms with E-state index in [1.54, 1.807) is 0 Å². The Morgan fingerprint density at radius 3 is 1.81 bits per heavy atom. The van der Waals surface area contributed by atoms with E-state index in [2.05, 4.69) is 6.92 Å². The van der Waals surface area contributed by atoms with E-state index in [9.17, 15) is 4.79 Å². The summed E-state index contributed by atoms with van der Waals surface area (Å²) in [7, 11) is 0. The van der Waals surface area contributed by atoms with Crippen LogP contribution in [0.1, 0.15) is 73.1 Å². The summed E-state index contributed by atoms with van der Waals surface area (Å²) >= 11 is 0. The van der Waals surface area contributed by atoms with Crippen molar-refractivity contribution in [2.24, 2.45) is 0 Å². The van der Waals surface area contributed by atoms with E-state index in [0.717, 1.165) is 6.42 Å². The van der Waals surface area contributed by atoms with Crippen molar-refractivity contribution < 1.29 is 62.3 Å². The molecule has 0 heterocycles. The number of carbonyl (C=O) groups is 1. The fourth-order valence-corrected chi connectivity index (χ4v) is 1.63. The Labute approximate surface area is 145 Å². The Bertz CT molecular complexity index is 154. The number of ether oxygens (including phenoxy) is 1. The summed E-state index contributed by atoms with van der Waals surface area (Å²) in [5.41, 5.74) is 0. The van der Waals surface area contributed by atoms with Crippen LogP contribution in [0.25, 0.3) is 0 Å². The molecule has 2 nitrogen and oxygen atoms in total. The van der Waals surface area contributed by atoms with Gasteiger partial charge in [0, 0.05) is 6.92 Å². The molecule has 0 bridgehead atoms. The molecule has 0 aliphatic heterocycles. The molecule has 0 fully saturated rings. The van der Waals surface area contributed by atoms with Crippen LogP contribution >= 0.6 is 0 Å². The van der Waals surface area contributed by atoms with Crippen LogP contribution in [0, 0.1) is 0 Å². The quantitative estimate of drug-likeness (QED) is 0.333. The van der Waals surface area contributed by atoms with Crippen molar-refractivity contribution in [1.29, 1.82) is 0 Å². The van der Waals surface area contributed by atoms with Gasteiger partial charge in [-0.15, -0.1) is 0 Å². The Morgan fingerprint density at radius 1 is 0.938 bits per heavy atom. The Morgan fingerprint density at radius 2 is 1.38 bits per heavy atom. The Balaban J connectivity index is -0.000000980. The van der Waals surface area contributed by atoms with Crippen molar-refractivity contribution in [3.8, 4) is 0 Å². The first-order chi connectivity index (χ1) is 7.27. The average Bonchev–Trinajstić information content (AvgIpc) is 2.20. The number of rotatable bonds is 10. The molecule has 0 amide bonds. The third-order valence-electron chi connectivity index (χ3n) is 2.55. The number of hydrogen-bond donors (Lipinski definition) is 0. The van der Waals surface area contributed by atoms with E-state index >= 15 is 0 Å². The first-order valence-electron chi connectivity index (χ1n) is 6.40. The summed E-state index contributed by atoms with van der Waals surface area (Å²) in [6, 6.07) is 0. The molecule has 0 aliphatic rings. The van der Waals surface area contributed by atoms with Crippen molar-refractivity contribution in [3.05, 3.63) is 0 Å². The largest absolute Gasteiger partial charge is 1.00 e. The maximum Gasteiger partial charge on any atom is 1.00 e. The molecule has 0 unspecified atom stereocenters. The molecule has 16 heavy (non-hydrogen) atoms. The molecule has 0 atom stereocenters. The predicted octanol–water partition coefficient (Wildman–Crippen LogP) is 1.20. The molecule has 0 radical (unpaired) electrons. The van der Waals surface area contributed by atoms with Gasteiger partial charge in [-0.3, -0.25) is 4.79 Å². The molecule has 0 saturated heterocycles. The first kappa shape index (κ1) is 19.4. The number of unbranched alkanes of at least 4 members (excludes halogenated alkanes) is 8. The topological polar surface area (TPSA) is 26.3 Å². The predicted molar refractivity (Wildman–Crippen MR) is 65.0 cm³/mol. The fourth-order valence-electron chi connectivity index (χ4n) is 1.63. The zero-order valence-corrected chi connectivity index (χ0v) is 14.5. The van der Waals surface area contributed by atoms with Gasteiger partial charge in [0.25, 0.3) is 0 Å². The van der Waals surface area contributed by atoms with Gasteiger partial charge in [-0.1, -0.05) is 58.3 Å². The summed E-state index contributed by atoms with van der Waals surface area (Å²) in [5, 5.41) is 0. The second kappa shape index (κ2) is 16.1. The van der Waals surface area contributed by atoms with Crippen molar-refractivity contribution in [2.45, 2.75) is 71.6 Å². The standard InChI is InChI=1S/C13H26O2.K.H/c1-3-4-5-6-7-8-9-10-11-12-15-13(2)14;;/h3-12H2,1-2H3;;/q;+1;-1. The van der Waals surface area contributed by atoms with Crippen LogP contribution in [-0.4, -0.2) is 12.6 Å². The second-order valence-electron chi connectivity index (χ2n) is 4.17. The summed E-state index contributed by atoms with van der Waals surface area (Å²) in [4.78, 5) is 10.5. The Kier molecular flexibility index (Phi) is 19.6. The van der Waals surface area contributed by atoms with Gasteiger partial charge < -0.3 is 6.16 Å². The molecule has 3 heteroatoms. The average molecular weight is 254 g/mol. The van der Waals surface area contributed by atoms with Crippen LogP contribution in [-0.2, 0) is 9.53 Å². The third kappa shape index (κ3) is 17.5. The minimum absolute atomic E-state index is 0. The normalized spacial score (nSPS) is 9.62. The van der Waals surface area contributed by atoms with Crippen molar-refractivity contribution in [2.75, 3.05) is 6.61 Å².